The molecule has 0 unspecified atom stereocenters. The van der Waals surface area contributed by atoms with Crippen molar-refractivity contribution < 1.29 is 14.5 Å². The largest absolute Gasteiger partial charge is 0.411 e. The summed E-state index contributed by atoms with van der Waals surface area (Å²) in [5.41, 5.74) is 4.26. The lowest BCUT2D eigenvalue weighted by Crippen LogP contribution is -2.17. The molecule has 1 aromatic heterocycles. The summed E-state index contributed by atoms with van der Waals surface area (Å²) in [5, 5.41) is 10.5. The van der Waals surface area contributed by atoms with E-state index in [2.05, 4.69) is 25.7 Å². The Morgan fingerprint density at radius 1 is 1.71 bits per heavy atom. The van der Waals surface area contributed by atoms with Crippen molar-refractivity contribution >= 4 is 27.7 Å². The van der Waals surface area contributed by atoms with Crippen LogP contribution in [0.5, 0.6) is 5.88 Å². The van der Waals surface area contributed by atoms with Crippen molar-refractivity contribution in [1.82, 2.24) is 4.98 Å². The number of rotatable bonds is 2. The average Bonchev–Trinajstić information content (AvgIpc) is 2.07. The Labute approximate surface area is 86.2 Å². The number of ether oxygens (including phenoxy) is 1. The van der Waals surface area contributed by atoms with Gasteiger partial charge in [-0.3, -0.25) is 10.1 Å². The smallest absolute Gasteiger partial charge is 0.384 e. The molecule has 0 aliphatic carbocycles. The number of halogens is 1. The topological polar surface area (TPSA) is 108 Å². The highest BCUT2D eigenvalue weighted by molar-refractivity contribution is 9.10. The van der Waals surface area contributed by atoms with Gasteiger partial charge in [-0.05, 0) is 15.9 Å². The minimum absolute atomic E-state index is 0.404. The molecule has 1 heterocycles. The maximum atomic E-state index is 10.5. The van der Waals surface area contributed by atoms with Gasteiger partial charge in [-0.25, -0.2) is 9.78 Å². The fraction of sp³-hybridized carbons (Fsp3) is 0. The monoisotopic (exact) mass is 261 g/mol. The second-order valence-corrected chi connectivity index (χ2v) is 3.07. The number of nitro groups is 1. The van der Waals surface area contributed by atoms with Gasteiger partial charge in [0.1, 0.15) is 0 Å². The van der Waals surface area contributed by atoms with Crippen LogP contribution in [0.15, 0.2) is 16.7 Å². The first-order chi connectivity index (χ1) is 6.50. The molecule has 0 bridgehead atoms. The fourth-order valence-electron chi connectivity index (χ4n) is 0.721. The number of nitrogens with two attached hydrogens (primary N) is 1. The third kappa shape index (κ3) is 2.39. The lowest BCUT2D eigenvalue weighted by atomic mass is 10.4. The number of primary amides is 1. The Kier molecular flexibility index (Phi) is 2.97. The molecule has 7 nitrogen and oxygen atoms in total. The number of aromatic nitrogens is 1. The first-order valence-electron chi connectivity index (χ1n) is 3.28. The standard InChI is InChI=1S/C6H4BrN3O4/c7-3-1-4(10(12)13)5(9-2-3)14-6(8)11/h1-2H,(H2,8,11). The van der Waals surface area contributed by atoms with E-state index in [0.717, 1.165) is 6.07 Å². The van der Waals surface area contributed by atoms with Crippen molar-refractivity contribution in [2.45, 2.75) is 0 Å². The predicted octanol–water partition coefficient (Wildman–Crippen LogP) is 1.21. The van der Waals surface area contributed by atoms with Gasteiger partial charge in [0.25, 0.3) is 0 Å². The van der Waals surface area contributed by atoms with E-state index in [-0.39, 0.29) is 0 Å². The molecule has 0 fully saturated rings. The van der Waals surface area contributed by atoms with Crippen molar-refractivity contribution in [1.29, 1.82) is 0 Å². The molecule has 0 spiro atoms. The van der Waals surface area contributed by atoms with E-state index >= 15 is 0 Å². The number of carbonyl (C=O) groups excluding carboxylic acids is 1. The van der Waals surface area contributed by atoms with Crippen LogP contribution >= 0.6 is 15.9 Å². The van der Waals surface area contributed by atoms with E-state index in [4.69, 9.17) is 5.73 Å². The molecule has 0 saturated heterocycles. The minimum atomic E-state index is -1.15. The van der Waals surface area contributed by atoms with Gasteiger partial charge < -0.3 is 10.5 Å². The zero-order valence-electron chi connectivity index (χ0n) is 6.64. The lowest BCUT2D eigenvalue weighted by Gasteiger charge is -2.00. The summed E-state index contributed by atoms with van der Waals surface area (Å²) in [6, 6.07) is 1.16. The number of amides is 1. The van der Waals surface area contributed by atoms with Crippen molar-refractivity contribution in [2.24, 2.45) is 5.73 Å². The van der Waals surface area contributed by atoms with Gasteiger partial charge in [0.05, 0.1) is 4.92 Å². The van der Waals surface area contributed by atoms with E-state index in [0.29, 0.717) is 4.47 Å². The van der Waals surface area contributed by atoms with Crippen LogP contribution < -0.4 is 10.5 Å². The SMILES string of the molecule is NC(=O)Oc1ncc(Br)cc1[N+](=O)[O-]. The van der Waals surface area contributed by atoms with Gasteiger partial charge in [-0.15, -0.1) is 0 Å². The van der Waals surface area contributed by atoms with Gasteiger partial charge in [-0.1, -0.05) is 0 Å². The van der Waals surface area contributed by atoms with Crippen LogP contribution in [0, 0.1) is 10.1 Å². The summed E-state index contributed by atoms with van der Waals surface area (Å²) < 4.78 is 4.73. The predicted molar refractivity (Wildman–Crippen MR) is 48.8 cm³/mol. The maximum absolute atomic E-state index is 10.5. The Balaban J connectivity index is 3.14. The molecule has 14 heavy (non-hydrogen) atoms. The summed E-state index contributed by atoms with van der Waals surface area (Å²) in [6.45, 7) is 0. The van der Waals surface area contributed by atoms with Crippen LogP contribution in [0.2, 0.25) is 0 Å². The molecule has 0 radical (unpaired) electrons. The van der Waals surface area contributed by atoms with Gasteiger partial charge in [-0.2, -0.15) is 0 Å². The first kappa shape index (κ1) is 10.4. The van der Waals surface area contributed by atoms with Crippen LogP contribution in [0.1, 0.15) is 0 Å². The number of nitrogens with zero attached hydrogens (tertiary/aromatic N) is 2. The third-order valence-corrected chi connectivity index (χ3v) is 1.63. The Bertz CT molecular complexity index is 395. The third-order valence-electron chi connectivity index (χ3n) is 1.19. The van der Waals surface area contributed by atoms with Crippen molar-refractivity contribution in [3.8, 4) is 5.88 Å². The lowest BCUT2D eigenvalue weighted by molar-refractivity contribution is -0.386. The van der Waals surface area contributed by atoms with Crippen molar-refractivity contribution in [2.75, 3.05) is 0 Å². The number of hydrogen-bond acceptors (Lipinski definition) is 5. The Morgan fingerprint density at radius 2 is 2.36 bits per heavy atom. The molecule has 0 aliphatic heterocycles. The van der Waals surface area contributed by atoms with Crippen LogP contribution in [0.3, 0.4) is 0 Å². The Morgan fingerprint density at radius 3 is 2.86 bits per heavy atom. The highest BCUT2D eigenvalue weighted by atomic mass is 79.9. The molecule has 2 N–H and O–H groups in total. The zero-order chi connectivity index (χ0) is 10.7. The van der Waals surface area contributed by atoms with Gasteiger partial charge in [0, 0.05) is 16.7 Å². The second kappa shape index (κ2) is 4.01. The summed E-state index contributed by atoms with van der Waals surface area (Å²) in [5.74, 6) is -0.425. The number of carbonyl (C=O) groups is 1. The molecule has 0 aromatic carbocycles. The molecule has 0 saturated carbocycles. The molecule has 1 aromatic rings. The fourth-order valence-corrected chi connectivity index (χ4v) is 1.04. The zero-order valence-corrected chi connectivity index (χ0v) is 8.22. The number of pyridine rings is 1. The molecule has 0 aliphatic rings. The maximum Gasteiger partial charge on any atom is 0.411 e. The van der Waals surface area contributed by atoms with E-state index in [1.165, 1.54) is 6.20 Å². The van der Waals surface area contributed by atoms with E-state index in [1.807, 2.05) is 0 Å². The van der Waals surface area contributed by atoms with Crippen LogP contribution in [-0.4, -0.2) is 16.0 Å². The van der Waals surface area contributed by atoms with E-state index in [9.17, 15) is 14.9 Å². The van der Waals surface area contributed by atoms with Crippen LogP contribution in [0.4, 0.5) is 10.5 Å². The van der Waals surface area contributed by atoms with Gasteiger partial charge >= 0.3 is 17.7 Å². The minimum Gasteiger partial charge on any atom is -0.384 e. The van der Waals surface area contributed by atoms with Gasteiger partial charge in [0.2, 0.25) is 0 Å². The normalized spacial score (nSPS) is 9.50. The van der Waals surface area contributed by atoms with Crippen LogP contribution in [-0.2, 0) is 0 Å². The molecular weight excluding hydrogens is 258 g/mol. The average molecular weight is 262 g/mol. The van der Waals surface area contributed by atoms with E-state index in [1.54, 1.807) is 0 Å². The quantitative estimate of drug-likeness (QED) is 0.636. The van der Waals surface area contributed by atoms with Crippen molar-refractivity contribution in [3.05, 3.63) is 26.9 Å². The Hall–Kier alpha value is -1.70. The molecule has 74 valence electrons. The summed E-state index contributed by atoms with van der Waals surface area (Å²) in [4.78, 5) is 23.6. The summed E-state index contributed by atoms with van der Waals surface area (Å²) in [6.07, 6.45) is 0.105. The highest BCUT2D eigenvalue weighted by Crippen LogP contribution is 2.26. The van der Waals surface area contributed by atoms with E-state index < -0.39 is 22.6 Å². The van der Waals surface area contributed by atoms with Crippen molar-refractivity contribution in [3.63, 3.8) is 0 Å². The molecule has 0 atom stereocenters. The van der Waals surface area contributed by atoms with Gasteiger partial charge in [0.15, 0.2) is 0 Å². The summed E-state index contributed by atoms with van der Waals surface area (Å²) >= 11 is 2.99. The van der Waals surface area contributed by atoms with Crippen LogP contribution in [0.25, 0.3) is 0 Å². The number of hydrogen-bond donors (Lipinski definition) is 1. The highest BCUT2D eigenvalue weighted by Gasteiger charge is 2.18. The molecule has 1 amide bonds. The summed E-state index contributed by atoms with van der Waals surface area (Å²) in [7, 11) is 0. The molecule has 1 rings (SSSR count). The molecular formula is C6H4BrN3O4. The second-order valence-electron chi connectivity index (χ2n) is 2.16. The first-order valence-corrected chi connectivity index (χ1v) is 4.07. The molecule has 8 heteroatoms.